The number of piperidine rings is 1. The molecule has 0 saturated carbocycles. The van der Waals surface area contributed by atoms with Crippen molar-refractivity contribution in [2.45, 2.75) is 58.3 Å². The van der Waals surface area contributed by atoms with Crippen molar-refractivity contribution < 1.29 is 9.32 Å². The molecule has 1 saturated heterocycles. The van der Waals surface area contributed by atoms with Gasteiger partial charge in [0, 0.05) is 24.3 Å². The first-order valence-electron chi connectivity index (χ1n) is 11.5. The number of hydrogen-bond donors (Lipinski definition) is 1. The molecular weight excluding hydrogens is 400 g/mol. The van der Waals surface area contributed by atoms with Gasteiger partial charge in [-0.2, -0.15) is 4.98 Å². The van der Waals surface area contributed by atoms with Gasteiger partial charge in [0.2, 0.25) is 11.7 Å². The molecule has 2 aromatic carbocycles. The van der Waals surface area contributed by atoms with E-state index >= 15 is 0 Å². The molecule has 0 aliphatic carbocycles. The summed E-state index contributed by atoms with van der Waals surface area (Å²) in [5, 5.41) is 7.39. The predicted molar refractivity (Wildman–Crippen MR) is 127 cm³/mol. The number of rotatable bonds is 5. The van der Waals surface area contributed by atoms with E-state index < -0.39 is 0 Å². The fourth-order valence-corrected chi connectivity index (χ4v) is 4.35. The Kier molecular flexibility index (Phi) is 6.58. The van der Waals surface area contributed by atoms with Crippen LogP contribution in [0.15, 0.2) is 53.1 Å². The van der Waals surface area contributed by atoms with Crippen LogP contribution in [-0.4, -0.2) is 34.2 Å². The van der Waals surface area contributed by atoms with Gasteiger partial charge in [0.1, 0.15) is 0 Å². The van der Waals surface area contributed by atoms with E-state index in [0.29, 0.717) is 30.1 Å². The van der Waals surface area contributed by atoms with E-state index in [1.54, 1.807) is 0 Å². The third-order valence-corrected chi connectivity index (χ3v) is 6.14. The van der Waals surface area contributed by atoms with Crippen LogP contribution < -0.4 is 5.32 Å². The fourth-order valence-electron chi connectivity index (χ4n) is 4.35. The number of amides is 2. The lowest BCUT2D eigenvalue weighted by Crippen LogP contribution is -2.42. The summed E-state index contributed by atoms with van der Waals surface area (Å²) >= 11 is 0. The maximum Gasteiger partial charge on any atom is 0.321 e. The molecule has 168 valence electrons. The number of urea groups is 1. The van der Waals surface area contributed by atoms with Crippen molar-refractivity contribution in [2.24, 2.45) is 0 Å². The molecule has 1 aromatic heterocycles. The molecule has 1 atom stereocenters. The summed E-state index contributed by atoms with van der Waals surface area (Å²) in [6, 6.07) is 16.0. The van der Waals surface area contributed by atoms with Crippen LogP contribution in [0.4, 0.5) is 10.5 Å². The number of carbonyl (C=O) groups is 1. The smallest absolute Gasteiger partial charge is 0.321 e. The highest BCUT2D eigenvalue weighted by Crippen LogP contribution is 2.33. The summed E-state index contributed by atoms with van der Waals surface area (Å²) < 4.78 is 5.59. The monoisotopic (exact) mass is 432 g/mol. The highest BCUT2D eigenvalue weighted by atomic mass is 16.5. The molecule has 1 aliphatic heterocycles. The first-order valence-corrected chi connectivity index (χ1v) is 11.5. The second kappa shape index (κ2) is 9.55. The van der Waals surface area contributed by atoms with Gasteiger partial charge in [-0.15, -0.1) is 0 Å². The lowest BCUT2D eigenvalue weighted by atomic mass is 9.92. The Balaban J connectivity index is 1.50. The summed E-state index contributed by atoms with van der Waals surface area (Å²) in [7, 11) is 0. The molecule has 2 amide bonds. The Morgan fingerprint density at radius 1 is 1.03 bits per heavy atom. The number of benzene rings is 2. The Morgan fingerprint density at radius 2 is 1.72 bits per heavy atom. The molecule has 1 unspecified atom stereocenters. The van der Waals surface area contributed by atoms with Crippen molar-refractivity contribution in [2.75, 3.05) is 18.4 Å². The molecule has 2 heterocycles. The van der Waals surface area contributed by atoms with Crippen LogP contribution in [-0.2, 0) is 0 Å². The predicted octanol–water partition coefficient (Wildman–Crippen LogP) is 6.39. The van der Waals surface area contributed by atoms with Gasteiger partial charge in [0.15, 0.2) is 0 Å². The largest absolute Gasteiger partial charge is 0.339 e. The average molecular weight is 433 g/mol. The first kappa shape index (κ1) is 22.1. The SMILES string of the molecule is CC(C)c1cccc(C(C)C)c1NC(=O)N1CCCC(c2nc(-c3ccccc3)no2)C1. The number of hydrogen-bond acceptors (Lipinski definition) is 4. The Hall–Kier alpha value is -3.15. The number of likely N-dealkylation sites (tertiary alicyclic amines) is 1. The number of nitrogens with zero attached hydrogens (tertiary/aromatic N) is 3. The minimum absolute atomic E-state index is 0.0457. The highest BCUT2D eigenvalue weighted by Gasteiger charge is 2.29. The van der Waals surface area contributed by atoms with Crippen LogP contribution in [0.1, 0.15) is 75.3 Å². The summed E-state index contributed by atoms with van der Waals surface area (Å²) in [6.45, 7) is 9.93. The third kappa shape index (κ3) is 4.69. The minimum Gasteiger partial charge on any atom is -0.339 e. The summed E-state index contributed by atoms with van der Waals surface area (Å²) in [4.78, 5) is 19.8. The molecule has 1 N–H and O–H groups in total. The van der Waals surface area contributed by atoms with Gasteiger partial charge in [-0.1, -0.05) is 81.4 Å². The number of anilines is 1. The van der Waals surface area contributed by atoms with Crippen molar-refractivity contribution in [1.29, 1.82) is 0 Å². The van der Waals surface area contributed by atoms with Crippen LogP contribution in [0.2, 0.25) is 0 Å². The second-order valence-electron chi connectivity index (χ2n) is 9.16. The zero-order valence-electron chi connectivity index (χ0n) is 19.3. The van der Waals surface area contributed by atoms with Gasteiger partial charge in [-0.3, -0.25) is 0 Å². The van der Waals surface area contributed by atoms with Crippen molar-refractivity contribution in [1.82, 2.24) is 15.0 Å². The number of para-hydroxylation sites is 1. The molecule has 32 heavy (non-hydrogen) atoms. The number of carbonyl (C=O) groups excluding carboxylic acids is 1. The quantitative estimate of drug-likeness (QED) is 0.507. The van der Waals surface area contributed by atoms with Gasteiger partial charge in [0.05, 0.1) is 5.92 Å². The van der Waals surface area contributed by atoms with E-state index in [2.05, 4.69) is 61.4 Å². The molecule has 0 spiro atoms. The van der Waals surface area contributed by atoms with E-state index in [-0.39, 0.29) is 11.9 Å². The minimum atomic E-state index is -0.0625. The standard InChI is InChI=1S/C26H32N4O2/c1-17(2)21-13-8-14-22(18(3)4)23(21)27-26(31)30-15-9-12-20(16-30)25-28-24(29-32-25)19-10-6-5-7-11-19/h5-8,10-11,13-14,17-18,20H,9,12,15-16H2,1-4H3,(H,27,31). The fraction of sp³-hybridized carbons (Fsp3) is 0.423. The van der Waals surface area contributed by atoms with Crippen LogP contribution in [0.3, 0.4) is 0 Å². The van der Waals surface area contributed by atoms with E-state index in [4.69, 9.17) is 4.52 Å². The molecule has 6 nitrogen and oxygen atoms in total. The van der Waals surface area contributed by atoms with Gasteiger partial charge < -0.3 is 14.7 Å². The van der Waals surface area contributed by atoms with Crippen molar-refractivity contribution >= 4 is 11.7 Å². The van der Waals surface area contributed by atoms with Gasteiger partial charge in [0.25, 0.3) is 0 Å². The molecule has 1 aliphatic rings. The molecular formula is C26H32N4O2. The Labute approximate surface area is 190 Å². The van der Waals surface area contributed by atoms with Crippen molar-refractivity contribution in [3.8, 4) is 11.4 Å². The van der Waals surface area contributed by atoms with Crippen LogP contribution in [0.25, 0.3) is 11.4 Å². The first-order chi connectivity index (χ1) is 15.4. The molecule has 4 rings (SSSR count). The molecule has 0 radical (unpaired) electrons. The molecule has 1 fully saturated rings. The summed E-state index contributed by atoms with van der Waals surface area (Å²) in [5.74, 6) is 1.89. The zero-order valence-corrected chi connectivity index (χ0v) is 19.3. The maximum absolute atomic E-state index is 13.3. The van der Waals surface area contributed by atoms with E-state index in [9.17, 15) is 4.79 Å². The van der Waals surface area contributed by atoms with Gasteiger partial charge in [-0.05, 0) is 35.8 Å². The normalized spacial score (nSPS) is 16.6. The van der Waals surface area contributed by atoms with Gasteiger partial charge in [-0.25, -0.2) is 4.79 Å². The summed E-state index contributed by atoms with van der Waals surface area (Å²) in [5.41, 5.74) is 4.22. The average Bonchev–Trinajstić information content (AvgIpc) is 3.30. The number of aromatic nitrogens is 2. The lowest BCUT2D eigenvalue weighted by molar-refractivity contribution is 0.184. The molecule has 6 heteroatoms. The highest BCUT2D eigenvalue weighted by molar-refractivity contribution is 5.91. The second-order valence-corrected chi connectivity index (χ2v) is 9.16. The van der Waals surface area contributed by atoms with E-state index in [1.165, 1.54) is 11.1 Å². The third-order valence-electron chi connectivity index (χ3n) is 6.14. The van der Waals surface area contributed by atoms with Crippen molar-refractivity contribution in [3.63, 3.8) is 0 Å². The molecule has 0 bridgehead atoms. The summed E-state index contributed by atoms with van der Waals surface area (Å²) in [6.07, 6.45) is 1.84. The van der Waals surface area contributed by atoms with Crippen LogP contribution >= 0.6 is 0 Å². The van der Waals surface area contributed by atoms with Crippen LogP contribution in [0.5, 0.6) is 0 Å². The van der Waals surface area contributed by atoms with E-state index in [1.807, 2.05) is 35.2 Å². The topological polar surface area (TPSA) is 71.3 Å². The van der Waals surface area contributed by atoms with Crippen molar-refractivity contribution in [3.05, 3.63) is 65.5 Å². The molecule has 3 aromatic rings. The Morgan fingerprint density at radius 3 is 2.38 bits per heavy atom. The lowest BCUT2D eigenvalue weighted by Gasteiger charge is -2.32. The van der Waals surface area contributed by atoms with Gasteiger partial charge >= 0.3 is 6.03 Å². The number of nitrogens with one attached hydrogen (secondary N) is 1. The zero-order chi connectivity index (χ0) is 22.7. The van der Waals surface area contributed by atoms with E-state index in [0.717, 1.165) is 30.6 Å². The van der Waals surface area contributed by atoms with Crippen LogP contribution in [0, 0.1) is 0 Å². The maximum atomic E-state index is 13.3. The Bertz CT molecular complexity index is 1030.